The summed E-state index contributed by atoms with van der Waals surface area (Å²) in [4.78, 5) is 4.45. The van der Waals surface area contributed by atoms with Gasteiger partial charge in [0.15, 0.2) is 0 Å². The molecule has 1 aliphatic rings. The lowest BCUT2D eigenvalue weighted by molar-refractivity contribution is 0.390. The van der Waals surface area contributed by atoms with Crippen LogP contribution in [0.2, 0.25) is 0 Å². The van der Waals surface area contributed by atoms with Crippen molar-refractivity contribution in [1.82, 2.24) is 4.98 Å². The monoisotopic (exact) mass is 202 g/mol. The third-order valence-corrected chi connectivity index (χ3v) is 3.04. The lowest BCUT2D eigenvalue weighted by Crippen LogP contribution is -2.14. The molecule has 0 atom stereocenters. The van der Waals surface area contributed by atoms with Crippen LogP contribution in [0.4, 0.5) is 0 Å². The minimum Gasteiger partial charge on any atom is -0.480 e. The molecule has 3 nitrogen and oxygen atoms in total. The molecule has 1 heterocycles. The van der Waals surface area contributed by atoms with Crippen LogP contribution in [0, 0.1) is 11.3 Å². The fourth-order valence-corrected chi connectivity index (χ4v) is 2.12. The number of ether oxygens (including phenoxy) is 1. The summed E-state index contributed by atoms with van der Waals surface area (Å²) in [7, 11) is 1.55. The molecule has 0 saturated carbocycles. The summed E-state index contributed by atoms with van der Waals surface area (Å²) in [6, 6.07) is 4.03. The quantitative estimate of drug-likeness (QED) is 0.701. The second-order valence-electron chi connectivity index (χ2n) is 4.55. The second-order valence-corrected chi connectivity index (χ2v) is 4.55. The molecular formula is C12H14N2O. The normalized spacial score (nSPS) is 16.9. The summed E-state index contributed by atoms with van der Waals surface area (Å²) >= 11 is 0. The van der Waals surface area contributed by atoms with Gasteiger partial charge in [-0.3, -0.25) is 0 Å². The molecule has 1 aliphatic carbocycles. The molecule has 0 N–H and O–H groups in total. The predicted octanol–water partition coefficient (Wildman–Crippen LogP) is 2.19. The van der Waals surface area contributed by atoms with E-state index in [1.807, 2.05) is 6.07 Å². The van der Waals surface area contributed by atoms with Crippen LogP contribution in [0.3, 0.4) is 0 Å². The number of methoxy groups -OCH3 is 1. The van der Waals surface area contributed by atoms with E-state index in [9.17, 15) is 0 Å². The highest BCUT2D eigenvalue weighted by Gasteiger charge is 2.32. The lowest BCUT2D eigenvalue weighted by Gasteiger charge is -2.18. The Morgan fingerprint density at radius 3 is 2.87 bits per heavy atom. The minimum absolute atomic E-state index is 0.108. The summed E-state index contributed by atoms with van der Waals surface area (Å²) in [6.07, 6.45) is 2.10. The molecular weight excluding hydrogens is 188 g/mol. The van der Waals surface area contributed by atoms with Crippen LogP contribution in [-0.2, 0) is 11.8 Å². The van der Waals surface area contributed by atoms with E-state index in [1.165, 1.54) is 5.56 Å². The van der Waals surface area contributed by atoms with Gasteiger partial charge < -0.3 is 4.74 Å². The number of hydrogen-bond donors (Lipinski definition) is 0. The van der Waals surface area contributed by atoms with Gasteiger partial charge in [-0.15, -0.1) is 0 Å². The zero-order chi connectivity index (χ0) is 11.1. The zero-order valence-corrected chi connectivity index (χ0v) is 9.29. The Kier molecular flexibility index (Phi) is 2.15. The highest BCUT2D eigenvalue weighted by Crippen LogP contribution is 2.38. The van der Waals surface area contributed by atoms with Crippen LogP contribution in [-0.4, -0.2) is 12.1 Å². The van der Waals surface area contributed by atoms with Crippen LogP contribution >= 0.6 is 0 Å². The molecule has 15 heavy (non-hydrogen) atoms. The van der Waals surface area contributed by atoms with E-state index < -0.39 is 0 Å². The first-order chi connectivity index (χ1) is 7.08. The van der Waals surface area contributed by atoms with Gasteiger partial charge in [0.2, 0.25) is 5.88 Å². The van der Waals surface area contributed by atoms with E-state index in [1.54, 1.807) is 7.11 Å². The summed E-state index contributed by atoms with van der Waals surface area (Å²) in [5.74, 6) is 0.450. The summed E-state index contributed by atoms with van der Waals surface area (Å²) in [5.41, 5.74) is 2.92. The first kappa shape index (κ1) is 9.97. The van der Waals surface area contributed by atoms with Crippen molar-refractivity contribution in [2.24, 2.45) is 0 Å². The first-order valence-electron chi connectivity index (χ1n) is 5.07. The van der Waals surface area contributed by atoms with Crippen LogP contribution in [0.25, 0.3) is 0 Å². The third-order valence-electron chi connectivity index (χ3n) is 3.04. The molecule has 0 aliphatic heterocycles. The number of aryl methyl sites for hydroxylation is 1. The topological polar surface area (TPSA) is 45.9 Å². The number of rotatable bonds is 1. The highest BCUT2D eigenvalue weighted by molar-refractivity contribution is 5.46. The molecule has 0 saturated heterocycles. The van der Waals surface area contributed by atoms with Crippen molar-refractivity contribution in [3.05, 3.63) is 22.9 Å². The smallest absolute Gasteiger partial charge is 0.231 e. The van der Waals surface area contributed by atoms with E-state index in [2.05, 4.69) is 24.9 Å². The van der Waals surface area contributed by atoms with Gasteiger partial charge in [-0.05, 0) is 24.5 Å². The largest absolute Gasteiger partial charge is 0.480 e. The predicted molar refractivity (Wildman–Crippen MR) is 56.9 cm³/mol. The molecule has 1 aromatic heterocycles. The Morgan fingerprint density at radius 2 is 2.27 bits per heavy atom. The van der Waals surface area contributed by atoms with Crippen molar-refractivity contribution in [2.75, 3.05) is 7.11 Å². The number of nitriles is 1. The average Bonchev–Trinajstić information content (AvgIpc) is 2.52. The Bertz CT molecular complexity index is 444. The van der Waals surface area contributed by atoms with E-state index in [0.717, 1.165) is 18.5 Å². The molecule has 0 bridgehead atoms. The summed E-state index contributed by atoms with van der Waals surface area (Å²) in [5, 5.41) is 8.94. The summed E-state index contributed by atoms with van der Waals surface area (Å²) < 4.78 is 5.12. The molecule has 0 unspecified atom stereocenters. The van der Waals surface area contributed by atoms with Gasteiger partial charge in [0.1, 0.15) is 11.6 Å². The fraction of sp³-hybridized carbons (Fsp3) is 0.500. The number of pyridine rings is 1. The Hall–Kier alpha value is -1.56. The Labute approximate surface area is 89.7 Å². The van der Waals surface area contributed by atoms with Crippen molar-refractivity contribution in [1.29, 1.82) is 5.26 Å². The van der Waals surface area contributed by atoms with E-state index in [0.29, 0.717) is 11.4 Å². The molecule has 1 aromatic rings. The maximum atomic E-state index is 8.94. The second kappa shape index (κ2) is 3.23. The van der Waals surface area contributed by atoms with E-state index in [4.69, 9.17) is 10.00 Å². The molecule has 0 spiro atoms. The Morgan fingerprint density at radius 1 is 1.53 bits per heavy atom. The van der Waals surface area contributed by atoms with Crippen molar-refractivity contribution < 1.29 is 4.74 Å². The van der Waals surface area contributed by atoms with Crippen LogP contribution in [0.5, 0.6) is 5.88 Å². The number of nitrogens with zero attached hydrogens (tertiary/aromatic N) is 2. The molecule has 78 valence electrons. The van der Waals surface area contributed by atoms with Crippen LogP contribution < -0.4 is 4.74 Å². The average molecular weight is 202 g/mol. The van der Waals surface area contributed by atoms with Gasteiger partial charge in [-0.1, -0.05) is 13.8 Å². The van der Waals surface area contributed by atoms with Crippen molar-refractivity contribution in [3.63, 3.8) is 0 Å². The highest BCUT2D eigenvalue weighted by atomic mass is 16.5. The molecule has 2 rings (SSSR count). The maximum Gasteiger partial charge on any atom is 0.231 e. The fourth-order valence-electron chi connectivity index (χ4n) is 2.12. The summed E-state index contributed by atoms with van der Waals surface area (Å²) in [6.45, 7) is 4.36. The standard InChI is InChI=1S/C12H14N2O/c1-12(2)5-4-8-6-9(7-13)11(15-3)14-10(8)12/h6H,4-5H2,1-3H3. The van der Waals surface area contributed by atoms with Crippen molar-refractivity contribution in [3.8, 4) is 11.9 Å². The Balaban J connectivity index is 2.61. The van der Waals surface area contributed by atoms with Crippen molar-refractivity contribution >= 4 is 0 Å². The SMILES string of the molecule is COc1nc2c(cc1C#N)CCC2(C)C. The number of hydrogen-bond acceptors (Lipinski definition) is 3. The molecule has 0 aromatic carbocycles. The molecule has 3 heteroatoms. The van der Waals surface area contributed by atoms with Gasteiger partial charge in [0, 0.05) is 5.41 Å². The van der Waals surface area contributed by atoms with E-state index >= 15 is 0 Å². The number of aromatic nitrogens is 1. The maximum absolute atomic E-state index is 8.94. The minimum atomic E-state index is 0.108. The molecule has 0 fully saturated rings. The molecule has 0 amide bonds. The van der Waals surface area contributed by atoms with E-state index in [-0.39, 0.29) is 5.41 Å². The van der Waals surface area contributed by atoms with Gasteiger partial charge in [0.05, 0.1) is 12.8 Å². The van der Waals surface area contributed by atoms with Crippen LogP contribution in [0.1, 0.15) is 37.1 Å². The van der Waals surface area contributed by atoms with Gasteiger partial charge in [0.25, 0.3) is 0 Å². The van der Waals surface area contributed by atoms with Crippen molar-refractivity contribution in [2.45, 2.75) is 32.1 Å². The molecule has 0 radical (unpaired) electrons. The van der Waals surface area contributed by atoms with Gasteiger partial charge in [-0.25, -0.2) is 4.98 Å². The number of fused-ring (bicyclic) bond motifs is 1. The zero-order valence-electron chi connectivity index (χ0n) is 9.29. The first-order valence-corrected chi connectivity index (χ1v) is 5.07. The van der Waals surface area contributed by atoms with Crippen LogP contribution in [0.15, 0.2) is 6.07 Å². The third kappa shape index (κ3) is 1.46. The van der Waals surface area contributed by atoms with Gasteiger partial charge in [-0.2, -0.15) is 5.26 Å². The lowest BCUT2D eigenvalue weighted by atomic mass is 9.90. The van der Waals surface area contributed by atoms with Gasteiger partial charge >= 0.3 is 0 Å².